The minimum Gasteiger partial charge on any atom is -0.329 e. The summed E-state index contributed by atoms with van der Waals surface area (Å²) in [4.78, 5) is 16.2. The van der Waals surface area contributed by atoms with Crippen molar-refractivity contribution in [2.75, 3.05) is 0 Å². The van der Waals surface area contributed by atoms with Crippen LogP contribution in [0.1, 0.15) is 33.8 Å². The molecule has 1 fully saturated rings. The molecule has 0 radical (unpaired) electrons. The van der Waals surface area contributed by atoms with Gasteiger partial charge in [0.1, 0.15) is 0 Å². The van der Waals surface area contributed by atoms with Crippen LogP contribution in [0.2, 0.25) is 0 Å². The van der Waals surface area contributed by atoms with Gasteiger partial charge in [0.25, 0.3) is 5.91 Å². The van der Waals surface area contributed by atoms with E-state index in [1.54, 1.807) is 11.3 Å². The van der Waals surface area contributed by atoms with E-state index >= 15 is 0 Å². The SMILES string of the molecule is Cc1ccc2[nH]nc(C(=O)N(Cc3cccs3)C3CC3)c2c1. The molecule has 0 saturated heterocycles. The van der Waals surface area contributed by atoms with Gasteiger partial charge in [-0.1, -0.05) is 17.7 Å². The minimum absolute atomic E-state index is 0.0350. The van der Waals surface area contributed by atoms with Gasteiger partial charge in [0.2, 0.25) is 0 Å². The largest absolute Gasteiger partial charge is 0.329 e. The van der Waals surface area contributed by atoms with Crippen LogP contribution in [0.25, 0.3) is 10.9 Å². The number of hydrogen-bond donors (Lipinski definition) is 1. The predicted octanol–water partition coefficient (Wildman–Crippen LogP) is 3.74. The summed E-state index contributed by atoms with van der Waals surface area (Å²) in [6, 6.07) is 10.5. The lowest BCUT2D eigenvalue weighted by atomic mass is 10.1. The van der Waals surface area contributed by atoms with Crippen molar-refractivity contribution in [1.29, 1.82) is 0 Å². The molecule has 2 heterocycles. The van der Waals surface area contributed by atoms with E-state index in [4.69, 9.17) is 0 Å². The molecule has 4 rings (SSSR count). The van der Waals surface area contributed by atoms with Crippen molar-refractivity contribution in [3.63, 3.8) is 0 Å². The minimum atomic E-state index is 0.0350. The molecule has 4 nitrogen and oxygen atoms in total. The molecule has 1 amide bonds. The Balaban J connectivity index is 1.69. The summed E-state index contributed by atoms with van der Waals surface area (Å²) in [6.07, 6.45) is 2.19. The number of benzene rings is 1. The number of hydrogen-bond acceptors (Lipinski definition) is 3. The Labute approximate surface area is 132 Å². The molecule has 112 valence electrons. The van der Waals surface area contributed by atoms with Gasteiger partial charge in [-0.3, -0.25) is 9.89 Å². The smallest absolute Gasteiger partial charge is 0.275 e. The molecular weight excluding hydrogens is 294 g/mol. The van der Waals surface area contributed by atoms with Gasteiger partial charge >= 0.3 is 0 Å². The number of nitrogens with one attached hydrogen (secondary N) is 1. The van der Waals surface area contributed by atoms with E-state index in [1.807, 2.05) is 36.1 Å². The van der Waals surface area contributed by atoms with Crippen LogP contribution < -0.4 is 0 Å². The maximum Gasteiger partial charge on any atom is 0.275 e. The molecule has 2 aromatic heterocycles. The molecule has 0 bridgehead atoms. The molecule has 1 aliphatic carbocycles. The van der Waals surface area contributed by atoms with Crippen LogP contribution in [0.4, 0.5) is 0 Å². The first-order valence-electron chi connectivity index (χ1n) is 7.50. The number of thiophene rings is 1. The second-order valence-corrected chi connectivity index (χ2v) is 6.90. The van der Waals surface area contributed by atoms with E-state index in [9.17, 15) is 4.79 Å². The quantitative estimate of drug-likeness (QED) is 0.798. The number of aromatic nitrogens is 2. The van der Waals surface area contributed by atoms with Crippen molar-refractivity contribution in [3.05, 3.63) is 51.8 Å². The first-order valence-corrected chi connectivity index (χ1v) is 8.38. The third kappa shape index (κ3) is 2.41. The van der Waals surface area contributed by atoms with Crippen LogP contribution in [0.3, 0.4) is 0 Å². The van der Waals surface area contributed by atoms with Gasteiger partial charge < -0.3 is 4.90 Å². The topological polar surface area (TPSA) is 49.0 Å². The summed E-state index contributed by atoms with van der Waals surface area (Å²) in [5, 5.41) is 10.2. The number of amides is 1. The number of fused-ring (bicyclic) bond motifs is 1. The van der Waals surface area contributed by atoms with Gasteiger partial charge in [-0.25, -0.2) is 0 Å². The van der Waals surface area contributed by atoms with Gasteiger partial charge in [-0.15, -0.1) is 11.3 Å². The number of carbonyl (C=O) groups is 1. The van der Waals surface area contributed by atoms with Crippen molar-refractivity contribution in [1.82, 2.24) is 15.1 Å². The van der Waals surface area contributed by atoms with E-state index in [0.29, 0.717) is 18.3 Å². The Morgan fingerprint density at radius 3 is 3.00 bits per heavy atom. The first kappa shape index (κ1) is 13.5. The Kier molecular flexibility index (Phi) is 3.22. The van der Waals surface area contributed by atoms with Gasteiger partial charge in [-0.05, 0) is 43.3 Å². The van der Waals surface area contributed by atoms with Gasteiger partial charge in [0.15, 0.2) is 5.69 Å². The van der Waals surface area contributed by atoms with Crippen molar-refractivity contribution < 1.29 is 4.79 Å². The van der Waals surface area contributed by atoms with E-state index in [0.717, 1.165) is 29.3 Å². The number of aryl methyl sites for hydroxylation is 1. The van der Waals surface area contributed by atoms with E-state index in [1.165, 1.54) is 4.88 Å². The fourth-order valence-electron chi connectivity index (χ4n) is 2.75. The average Bonchev–Trinajstić information content (AvgIpc) is 3.07. The molecule has 0 aliphatic heterocycles. The van der Waals surface area contributed by atoms with Gasteiger partial charge in [-0.2, -0.15) is 5.10 Å². The molecule has 0 unspecified atom stereocenters. The lowest BCUT2D eigenvalue weighted by Crippen LogP contribution is -2.32. The second-order valence-electron chi connectivity index (χ2n) is 5.86. The highest BCUT2D eigenvalue weighted by Crippen LogP contribution is 2.31. The van der Waals surface area contributed by atoms with E-state index in [2.05, 4.69) is 21.6 Å². The highest BCUT2D eigenvalue weighted by Gasteiger charge is 2.34. The maximum absolute atomic E-state index is 13.0. The summed E-state index contributed by atoms with van der Waals surface area (Å²) in [7, 11) is 0. The fraction of sp³-hybridized carbons (Fsp3) is 0.294. The van der Waals surface area contributed by atoms with Crippen LogP contribution >= 0.6 is 11.3 Å². The second kappa shape index (κ2) is 5.25. The number of rotatable bonds is 4. The van der Waals surface area contributed by atoms with Crippen molar-refractivity contribution >= 4 is 28.1 Å². The zero-order valence-electron chi connectivity index (χ0n) is 12.4. The van der Waals surface area contributed by atoms with Crippen molar-refractivity contribution in [2.24, 2.45) is 0 Å². The third-order valence-electron chi connectivity index (χ3n) is 4.08. The monoisotopic (exact) mass is 311 g/mol. The third-order valence-corrected chi connectivity index (χ3v) is 4.94. The van der Waals surface area contributed by atoms with Crippen LogP contribution in [-0.2, 0) is 6.54 Å². The van der Waals surface area contributed by atoms with E-state index < -0.39 is 0 Å². The van der Waals surface area contributed by atoms with Crippen LogP contribution in [0.5, 0.6) is 0 Å². The van der Waals surface area contributed by atoms with Gasteiger partial charge in [0, 0.05) is 16.3 Å². The summed E-state index contributed by atoms with van der Waals surface area (Å²) >= 11 is 1.70. The zero-order valence-corrected chi connectivity index (χ0v) is 13.2. The van der Waals surface area contributed by atoms with Gasteiger partial charge in [0.05, 0.1) is 12.1 Å². The molecule has 1 aliphatic rings. The molecule has 1 aromatic carbocycles. The highest BCUT2D eigenvalue weighted by atomic mass is 32.1. The summed E-state index contributed by atoms with van der Waals surface area (Å²) in [6.45, 7) is 2.71. The summed E-state index contributed by atoms with van der Waals surface area (Å²) in [5.74, 6) is 0.0350. The molecule has 1 N–H and O–H groups in total. The first-order chi connectivity index (χ1) is 10.7. The number of nitrogens with zero attached hydrogens (tertiary/aromatic N) is 2. The summed E-state index contributed by atoms with van der Waals surface area (Å²) in [5.41, 5.74) is 2.60. The standard InChI is InChI=1S/C17H17N3OS/c1-11-4-7-15-14(9-11)16(19-18-15)17(21)20(12-5-6-12)10-13-3-2-8-22-13/h2-4,7-9,12H,5-6,10H2,1H3,(H,18,19). The fourth-order valence-corrected chi connectivity index (χ4v) is 3.45. The number of H-pyrrole nitrogens is 1. The molecule has 0 spiro atoms. The Morgan fingerprint density at radius 2 is 2.27 bits per heavy atom. The van der Waals surface area contributed by atoms with Crippen molar-refractivity contribution in [3.8, 4) is 0 Å². The highest BCUT2D eigenvalue weighted by molar-refractivity contribution is 7.09. The Hall–Kier alpha value is -2.14. The van der Waals surface area contributed by atoms with Crippen LogP contribution in [0.15, 0.2) is 35.7 Å². The lowest BCUT2D eigenvalue weighted by molar-refractivity contribution is 0.0727. The van der Waals surface area contributed by atoms with Crippen LogP contribution in [-0.4, -0.2) is 27.0 Å². The van der Waals surface area contributed by atoms with Crippen LogP contribution in [0, 0.1) is 6.92 Å². The van der Waals surface area contributed by atoms with Crippen molar-refractivity contribution in [2.45, 2.75) is 32.4 Å². The molecule has 0 atom stereocenters. The summed E-state index contributed by atoms with van der Waals surface area (Å²) < 4.78 is 0. The lowest BCUT2D eigenvalue weighted by Gasteiger charge is -2.20. The molecule has 5 heteroatoms. The predicted molar refractivity (Wildman–Crippen MR) is 88.0 cm³/mol. The molecule has 3 aromatic rings. The Morgan fingerprint density at radius 1 is 1.41 bits per heavy atom. The van der Waals surface area contributed by atoms with E-state index in [-0.39, 0.29) is 5.91 Å². The maximum atomic E-state index is 13.0. The molecule has 1 saturated carbocycles. The number of aromatic amines is 1. The zero-order chi connectivity index (χ0) is 15.1. The normalized spacial score (nSPS) is 14.4. The number of carbonyl (C=O) groups excluding carboxylic acids is 1. The molecular formula is C17H17N3OS. The molecule has 22 heavy (non-hydrogen) atoms. The Bertz CT molecular complexity index is 818. The average molecular weight is 311 g/mol.